The number of rotatable bonds is 3. The van der Waals surface area contributed by atoms with Crippen LogP contribution in [0.1, 0.15) is 0 Å². The first kappa shape index (κ1) is 15.1. The molecule has 2 heteroatoms. The molecule has 0 spiro atoms. The summed E-state index contributed by atoms with van der Waals surface area (Å²) in [7, 11) is -0.446. The molecule has 0 aliphatic rings. The van der Waals surface area contributed by atoms with E-state index in [1.165, 1.54) is 15.9 Å². The Morgan fingerprint density at radius 1 is 0.400 bits per heavy atom. The molecule has 0 unspecified atom stereocenters. The molecule has 0 bridgehead atoms. The average molecular weight is 364 g/mol. The summed E-state index contributed by atoms with van der Waals surface area (Å²) < 4.78 is 0. The van der Waals surface area contributed by atoms with Gasteiger partial charge in [0.15, 0.2) is 0 Å². The molecule has 0 fully saturated rings. The molecular formula is C18H16PRu. The van der Waals surface area contributed by atoms with Gasteiger partial charge in [0.2, 0.25) is 0 Å². The molecule has 0 atom stereocenters. The summed E-state index contributed by atoms with van der Waals surface area (Å²) in [4.78, 5) is 0. The zero-order chi connectivity index (χ0) is 12.9. The van der Waals surface area contributed by atoms with E-state index in [1.807, 2.05) is 0 Å². The van der Waals surface area contributed by atoms with Crippen molar-refractivity contribution in [3.63, 3.8) is 0 Å². The third kappa shape index (κ3) is 3.42. The molecule has 3 aromatic carbocycles. The van der Waals surface area contributed by atoms with Crippen LogP contribution in [0.5, 0.6) is 0 Å². The maximum absolute atomic E-state index is 2.23. The predicted molar refractivity (Wildman–Crippen MR) is 86.5 cm³/mol. The van der Waals surface area contributed by atoms with Crippen molar-refractivity contribution in [2.45, 2.75) is 0 Å². The summed E-state index contributed by atoms with van der Waals surface area (Å²) in [5, 5.41) is 4.19. The van der Waals surface area contributed by atoms with Gasteiger partial charge in [0, 0.05) is 0 Å². The SMILES string of the molecule is [RuH].c1ccc(P(c2ccccc2)c2ccccc2)cc1. The van der Waals surface area contributed by atoms with Crippen LogP contribution in [0.15, 0.2) is 91.0 Å². The third-order valence-electron chi connectivity index (χ3n) is 3.04. The Labute approximate surface area is 134 Å². The van der Waals surface area contributed by atoms with Crippen LogP contribution in [0.3, 0.4) is 0 Å². The Balaban J connectivity index is 0.00000147. The molecule has 3 aromatic rings. The van der Waals surface area contributed by atoms with E-state index in [9.17, 15) is 0 Å². The molecular weight excluding hydrogens is 348 g/mol. The Morgan fingerprint density at radius 3 is 0.900 bits per heavy atom. The van der Waals surface area contributed by atoms with Crippen LogP contribution in [0.4, 0.5) is 0 Å². The maximum atomic E-state index is 2.23. The molecule has 0 radical (unpaired) electrons. The van der Waals surface area contributed by atoms with Gasteiger partial charge < -0.3 is 0 Å². The molecule has 20 heavy (non-hydrogen) atoms. The van der Waals surface area contributed by atoms with Crippen LogP contribution >= 0.6 is 7.92 Å². The zero-order valence-corrected chi connectivity index (χ0v) is 13.7. The van der Waals surface area contributed by atoms with E-state index < -0.39 is 7.92 Å². The number of hydrogen-bond acceptors (Lipinski definition) is 0. The van der Waals surface area contributed by atoms with Crippen LogP contribution in [0, 0.1) is 0 Å². The minimum atomic E-state index is -0.446. The normalized spacial score (nSPS) is 10.1. The van der Waals surface area contributed by atoms with Crippen molar-refractivity contribution in [2.24, 2.45) is 0 Å². The maximum Gasteiger partial charge on any atom is -0.0134 e. The van der Waals surface area contributed by atoms with Crippen LogP contribution in [0.2, 0.25) is 0 Å². The molecule has 0 aliphatic carbocycles. The molecule has 0 aliphatic heterocycles. The molecule has 0 heterocycles. The van der Waals surface area contributed by atoms with Gasteiger partial charge in [-0.15, -0.1) is 0 Å². The summed E-state index contributed by atoms with van der Waals surface area (Å²) in [6.07, 6.45) is 0. The fourth-order valence-corrected chi connectivity index (χ4v) is 4.48. The second-order valence-corrected chi connectivity index (χ2v) is 6.56. The minimum Gasteiger partial charge on any atom is -0.0622 e. The van der Waals surface area contributed by atoms with E-state index >= 15 is 0 Å². The van der Waals surface area contributed by atoms with Crippen molar-refractivity contribution >= 4 is 23.8 Å². The van der Waals surface area contributed by atoms with E-state index in [0.29, 0.717) is 0 Å². The van der Waals surface area contributed by atoms with Crippen molar-refractivity contribution in [1.82, 2.24) is 0 Å². The van der Waals surface area contributed by atoms with Crippen molar-refractivity contribution < 1.29 is 19.5 Å². The number of hydrogen-bond donors (Lipinski definition) is 0. The van der Waals surface area contributed by atoms with Crippen LogP contribution < -0.4 is 15.9 Å². The molecule has 3 rings (SSSR count). The van der Waals surface area contributed by atoms with E-state index in [1.54, 1.807) is 0 Å². The first-order chi connectivity index (χ1) is 9.45. The topological polar surface area (TPSA) is 0 Å². The van der Waals surface area contributed by atoms with Crippen molar-refractivity contribution in [3.8, 4) is 0 Å². The monoisotopic (exact) mass is 365 g/mol. The zero-order valence-electron chi connectivity index (χ0n) is 11.0. The quantitative estimate of drug-likeness (QED) is 0.495. The van der Waals surface area contributed by atoms with Crippen LogP contribution in [-0.2, 0) is 19.5 Å². The van der Waals surface area contributed by atoms with Gasteiger partial charge in [0.1, 0.15) is 0 Å². The van der Waals surface area contributed by atoms with Crippen molar-refractivity contribution in [2.75, 3.05) is 0 Å². The smallest absolute Gasteiger partial charge is 0.0134 e. The van der Waals surface area contributed by atoms with Gasteiger partial charge in [-0.3, -0.25) is 0 Å². The third-order valence-corrected chi connectivity index (χ3v) is 5.49. The Kier molecular flexibility index (Phi) is 5.65. The van der Waals surface area contributed by atoms with Gasteiger partial charge >= 0.3 is 19.5 Å². The number of benzene rings is 3. The summed E-state index contributed by atoms with van der Waals surface area (Å²) >= 11 is 0. The largest absolute Gasteiger partial charge is 0.0622 e. The predicted octanol–water partition coefficient (Wildman–Crippen LogP) is 3.17. The molecule has 0 saturated carbocycles. The second kappa shape index (κ2) is 7.48. The van der Waals surface area contributed by atoms with Gasteiger partial charge in [0.25, 0.3) is 0 Å². The van der Waals surface area contributed by atoms with Crippen LogP contribution in [-0.4, -0.2) is 0 Å². The van der Waals surface area contributed by atoms with Crippen molar-refractivity contribution in [3.05, 3.63) is 91.0 Å². The van der Waals surface area contributed by atoms with Gasteiger partial charge in [-0.2, -0.15) is 0 Å². The molecule has 0 saturated heterocycles. The Hall–Kier alpha value is -1.29. The van der Waals surface area contributed by atoms with E-state index in [4.69, 9.17) is 0 Å². The molecule has 101 valence electrons. The summed E-state index contributed by atoms with van der Waals surface area (Å²) in [6, 6.07) is 32.3. The first-order valence-corrected chi connectivity index (χ1v) is 7.74. The molecule has 0 nitrogen and oxygen atoms in total. The van der Waals surface area contributed by atoms with E-state index in [-0.39, 0.29) is 19.5 Å². The summed E-state index contributed by atoms with van der Waals surface area (Å²) in [5.74, 6) is 0. The molecule has 0 aromatic heterocycles. The average Bonchev–Trinajstić information content (AvgIpc) is 2.51. The van der Waals surface area contributed by atoms with E-state index in [2.05, 4.69) is 91.0 Å². The second-order valence-electron chi connectivity index (χ2n) is 4.34. The van der Waals surface area contributed by atoms with Gasteiger partial charge in [-0.05, 0) is 23.8 Å². The Morgan fingerprint density at radius 2 is 0.650 bits per heavy atom. The van der Waals surface area contributed by atoms with Crippen LogP contribution in [0.25, 0.3) is 0 Å². The summed E-state index contributed by atoms with van der Waals surface area (Å²) in [5.41, 5.74) is 0. The standard InChI is InChI=1S/C18H15P.Ru.H/c1-4-10-16(11-5-1)19(17-12-6-2-7-13-17)18-14-8-3-9-15-18;;/h1-15H;;. The summed E-state index contributed by atoms with van der Waals surface area (Å²) in [6.45, 7) is 0. The minimum absolute atomic E-state index is 0. The van der Waals surface area contributed by atoms with Gasteiger partial charge in [0.05, 0.1) is 0 Å². The van der Waals surface area contributed by atoms with Crippen molar-refractivity contribution in [1.29, 1.82) is 0 Å². The van der Waals surface area contributed by atoms with E-state index in [0.717, 1.165) is 0 Å². The first-order valence-electron chi connectivity index (χ1n) is 6.40. The van der Waals surface area contributed by atoms with Gasteiger partial charge in [-0.1, -0.05) is 91.0 Å². The van der Waals surface area contributed by atoms with Gasteiger partial charge in [-0.25, -0.2) is 0 Å². The molecule has 0 N–H and O–H groups in total. The fourth-order valence-electron chi connectivity index (χ4n) is 2.18. The Bertz CT molecular complexity index is 529. The molecule has 0 amide bonds. The fraction of sp³-hybridized carbons (Fsp3) is 0.